The lowest BCUT2D eigenvalue weighted by atomic mass is 10.1. The number of hydrogen-bond donors (Lipinski definition) is 1. The second kappa shape index (κ2) is 6.44. The summed E-state index contributed by atoms with van der Waals surface area (Å²) in [7, 11) is 0. The van der Waals surface area contributed by atoms with Crippen molar-refractivity contribution in [2.75, 3.05) is 0 Å². The Hall–Kier alpha value is -1.94. The maximum absolute atomic E-state index is 6.49. The first kappa shape index (κ1) is 15.0. The minimum atomic E-state index is 0.679. The Bertz CT molecular complexity index is 780. The summed E-state index contributed by atoms with van der Waals surface area (Å²) >= 11 is 6.49. The summed E-state index contributed by atoms with van der Waals surface area (Å²) in [6, 6.07) is 3.97. The van der Waals surface area contributed by atoms with E-state index in [4.69, 9.17) is 16.6 Å². The van der Waals surface area contributed by atoms with E-state index in [1.807, 2.05) is 18.3 Å². The number of rotatable bonds is 5. The second-order valence-corrected chi connectivity index (χ2v) is 5.75. The normalized spacial score (nSPS) is 11.2. The molecule has 0 bridgehead atoms. The van der Waals surface area contributed by atoms with Gasteiger partial charge in [-0.2, -0.15) is 0 Å². The van der Waals surface area contributed by atoms with Gasteiger partial charge in [0.05, 0.1) is 16.1 Å². The maximum Gasteiger partial charge on any atom is 0.143 e. The number of hydrogen-bond acceptors (Lipinski definition) is 3. The van der Waals surface area contributed by atoms with Gasteiger partial charge < -0.3 is 4.98 Å². The highest BCUT2D eigenvalue weighted by molar-refractivity contribution is 6.36. The van der Waals surface area contributed by atoms with Crippen LogP contribution in [0, 0.1) is 0 Å². The lowest BCUT2D eigenvalue weighted by Gasteiger charge is -2.06. The predicted molar refractivity (Wildman–Crippen MR) is 89.3 cm³/mol. The van der Waals surface area contributed by atoms with Crippen LogP contribution in [0.15, 0.2) is 24.5 Å². The van der Waals surface area contributed by atoms with Crippen LogP contribution < -0.4 is 0 Å². The van der Waals surface area contributed by atoms with Crippen LogP contribution >= 0.6 is 11.6 Å². The van der Waals surface area contributed by atoms with Gasteiger partial charge in [0, 0.05) is 24.5 Å². The van der Waals surface area contributed by atoms with Crippen LogP contribution in [0.2, 0.25) is 5.02 Å². The van der Waals surface area contributed by atoms with E-state index in [0.29, 0.717) is 6.42 Å². The molecule has 3 aromatic rings. The summed E-state index contributed by atoms with van der Waals surface area (Å²) in [5.41, 5.74) is 4.02. The first-order valence-corrected chi connectivity index (χ1v) is 8.05. The number of fused-ring (bicyclic) bond motifs is 1. The summed E-state index contributed by atoms with van der Waals surface area (Å²) in [4.78, 5) is 16.9. The van der Waals surface area contributed by atoms with Crippen LogP contribution in [-0.4, -0.2) is 19.9 Å². The van der Waals surface area contributed by atoms with Crippen molar-refractivity contribution in [3.63, 3.8) is 0 Å². The Labute approximate surface area is 135 Å². The summed E-state index contributed by atoms with van der Waals surface area (Å²) in [5, 5.41) is 1.75. The summed E-state index contributed by atoms with van der Waals surface area (Å²) < 4.78 is 0. The minimum Gasteiger partial charge on any atom is -0.342 e. The monoisotopic (exact) mass is 314 g/mol. The molecule has 0 aromatic carbocycles. The van der Waals surface area contributed by atoms with Crippen molar-refractivity contribution in [2.45, 2.75) is 39.5 Å². The number of pyridine rings is 1. The zero-order valence-corrected chi connectivity index (χ0v) is 13.6. The van der Waals surface area contributed by atoms with Gasteiger partial charge in [-0.05, 0) is 24.5 Å². The van der Waals surface area contributed by atoms with Crippen molar-refractivity contribution in [3.8, 4) is 0 Å². The number of halogens is 1. The van der Waals surface area contributed by atoms with Crippen LogP contribution in [-0.2, 0) is 19.3 Å². The molecule has 5 heteroatoms. The third kappa shape index (κ3) is 2.83. The lowest BCUT2D eigenvalue weighted by Crippen LogP contribution is -2.02. The van der Waals surface area contributed by atoms with Gasteiger partial charge in [0.25, 0.3) is 0 Å². The van der Waals surface area contributed by atoms with Crippen LogP contribution in [0.4, 0.5) is 0 Å². The largest absolute Gasteiger partial charge is 0.342 e. The molecule has 3 aromatic heterocycles. The van der Waals surface area contributed by atoms with Gasteiger partial charge in [0.15, 0.2) is 0 Å². The molecule has 0 amide bonds. The van der Waals surface area contributed by atoms with Gasteiger partial charge in [-0.3, -0.25) is 4.98 Å². The van der Waals surface area contributed by atoms with Crippen LogP contribution in [0.3, 0.4) is 0 Å². The zero-order chi connectivity index (χ0) is 15.5. The molecule has 3 rings (SSSR count). The number of H-pyrrole nitrogens is 1. The molecule has 4 nitrogen and oxygen atoms in total. The Kier molecular flexibility index (Phi) is 4.39. The fourth-order valence-corrected chi connectivity index (χ4v) is 3.03. The smallest absolute Gasteiger partial charge is 0.143 e. The van der Waals surface area contributed by atoms with Gasteiger partial charge >= 0.3 is 0 Å². The molecule has 22 heavy (non-hydrogen) atoms. The Morgan fingerprint density at radius 1 is 1.23 bits per heavy atom. The van der Waals surface area contributed by atoms with E-state index in [0.717, 1.165) is 58.1 Å². The number of aromatic amines is 1. The molecule has 0 fully saturated rings. The molecule has 0 atom stereocenters. The number of nitrogens with zero attached hydrogens (tertiary/aromatic N) is 3. The number of aromatic nitrogens is 4. The van der Waals surface area contributed by atoms with Crippen LogP contribution in [0.25, 0.3) is 11.0 Å². The van der Waals surface area contributed by atoms with Crippen LogP contribution in [0.1, 0.15) is 43.0 Å². The maximum atomic E-state index is 6.49. The molecule has 0 aliphatic carbocycles. The van der Waals surface area contributed by atoms with E-state index < -0.39 is 0 Å². The van der Waals surface area contributed by atoms with Crippen molar-refractivity contribution in [1.82, 2.24) is 19.9 Å². The Morgan fingerprint density at radius 3 is 2.77 bits per heavy atom. The van der Waals surface area contributed by atoms with E-state index in [2.05, 4.69) is 28.8 Å². The molecule has 0 aliphatic rings. The molecule has 0 saturated carbocycles. The van der Waals surface area contributed by atoms with E-state index in [-0.39, 0.29) is 0 Å². The summed E-state index contributed by atoms with van der Waals surface area (Å²) in [5.74, 6) is 0.810. The molecule has 0 radical (unpaired) electrons. The van der Waals surface area contributed by atoms with Crippen molar-refractivity contribution in [3.05, 3.63) is 52.3 Å². The van der Waals surface area contributed by atoms with Gasteiger partial charge in [0.1, 0.15) is 11.5 Å². The summed E-state index contributed by atoms with van der Waals surface area (Å²) in [6.45, 7) is 4.23. The fraction of sp³-hybridized carbons (Fsp3) is 0.353. The SMILES string of the molecule is CCCc1nc(Cc2cccnc2)nc2[nH]c(CC)c(Cl)c12. The second-order valence-electron chi connectivity index (χ2n) is 5.37. The third-order valence-corrected chi connectivity index (χ3v) is 4.13. The molecule has 1 N–H and O–H groups in total. The molecule has 114 valence electrons. The number of aryl methyl sites for hydroxylation is 2. The summed E-state index contributed by atoms with van der Waals surface area (Å²) in [6.07, 6.45) is 7.10. The van der Waals surface area contributed by atoms with Crippen molar-refractivity contribution in [2.24, 2.45) is 0 Å². The average molecular weight is 315 g/mol. The van der Waals surface area contributed by atoms with Crippen molar-refractivity contribution < 1.29 is 0 Å². The Morgan fingerprint density at radius 2 is 2.09 bits per heavy atom. The van der Waals surface area contributed by atoms with Crippen molar-refractivity contribution in [1.29, 1.82) is 0 Å². The Balaban J connectivity index is 2.08. The van der Waals surface area contributed by atoms with Crippen LogP contribution in [0.5, 0.6) is 0 Å². The first-order valence-electron chi connectivity index (χ1n) is 7.67. The van der Waals surface area contributed by atoms with Gasteiger partial charge in [-0.1, -0.05) is 37.9 Å². The molecule has 0 aliphatic heterocycles. The van der Waals surface area contributed by atoms with E-state index in [1.54, 1.807) is 6.20 Å². The molecular weight excluding hydrogens is 296 g/mol. The highest BCUT2D eigenvalue weighted by atomic mass is 35.5. The van der Waals surface area contributed by atoms with Gasteiger partial charge in [-0.15, -0.1) is 0 Å². The van der Waals surface area contributed by atoms with Gasteiger partial charge in [0.2, 0.25) is 0 Å². The molecule has 0 unspecified atom stereocenters. The molecule has 3 heterocycles. The number of nitrogens with one attached hydrogen (secondary N) is 1. The lowest BCUT2D eigenvalue weighted by molar-refractivity contribution is 0.857. The molecular formula is C17H19ClN4. The minimum absolute atomic E-state index is 0.679. The first-order chi connectivity index (χ1) is 10.7. The van der Waals surface area contributed by atoms with Crippen molar-refractivity contribution >= 4 is 22.6 Å². The van der Waals surface area contributed by atoms with E-state index in [1.165, 1.54) is 0 Å². The standard InChI is InChI=1S/C17H19ClN4/c1-3-6-13-15-16(18)12(4-2)21-17(15)22-14(20-13)9-11-7-5-8-19-10-11/h5,7-8,10H,3-4,6,9H2,1-2H3,(H,20,21,22). The van der Waals surface area contributed by atoms with E-state index >= 15 is 0 Å². The zero-order valence-electron chi connectivity index (χ0n) is 12.9. The highest BCUT2D eigenvalue weighted by Gasteiger charge is 2.16. The topological polar surface area (TPSA) is 54.5 Å². The van der Waals surface area contributed by atoms with E-state index in [9.17, 15) is 0 Å². The highest BCUT2D eigenvalue weighted by Crippen LogP contribution is 2.30. The quantitative estimate of drug-likeness (QED) is 0.771. The molecule has 0 saturated heterocycles. The van der Waals surface area contributed by atoms with Gasteiger partial charge in [-0.25, -0.2) is 9.97 Å². The predicted octanol–water partition coefficient (Wildman–Crippen LogP) is 4.11. The average Bonchev–Trinajstić information content (AvgIpc) is 2.85. The third-order valence-electron chi connectivity index (χ3n) is 3.71. The fourth-order valence-electron chi connectivity index (χ4n) is 2.65. The molecule has 0 spiro atoms.